The molecule has 2 amide bonds. The number of aliphatic hydroxyl groups excluding tert-OH is 1. The molecule has 1 aliphatic carbocycles. The summed E-state index contributed by atoms with van der Waals surface area (Å²) in [5.74, 6) is 0.568. The smallest absolute Gasteiger partial charge is 0.315 e. The Morgan fingerprint density at radius 2 is 2.04 bits per heavy atom. The molecule has 5 nitrogen and oxygen atoms in total. The van der Waals surface area contributed by atoms with Crippen molar-refractivity contribution < 1.29 is 9.90 Å². The minimum Gasteiger partial charge on any atom is -0.396 e. The molecule has 1 aliphatic heterocycles. The summed E-state index contributed by atoms with van der Waals surface area (Å²) >= 11 is 0. The Labute approximate surface area is 147 Å². The predicted molar refractivity (Wildman–Crippen MR) is 98.0 cm³/mol. The summed E-state index contributed by atoms with van der Waals surface area (Å²) in [5, 5.41) is 15.3. The van der Waals surface area contributed by atoms with Crippen molar-refractivity contribution in [1.29, 1.82) is 0 Å². The first kappa shape index (κ1) is 19.5. The minimum absolute atomic E-state index is 0.0509. The van der Waals surface area contributed by atoms with Gasteiger partial charge in [-0.2, -0.15) is 0 Å². The molecule has 0 spiro atoms. The number of nitrogens with zero attached hydrogens (tertiary/aromatic N) is 1. The minimum atomic E-state index is -0.0570. The number of carbonyl (C=O) groups is 1. The first-order valence-electron chi connectivity index (χ1n) is 9.80. The second-order valence-corrected chi connectivity index (χ2v) is 8.60. The molecule has 5 heteroatoms. The van der Waals surface area contributed by atoms with Crippen molar-refractivity contribution in [3.05, 3.63) is 0 Å². The van der Waals surface area contributed by atoms with E-state index in [1.165, 1.54) is 38.6 Å². The van der Waals surface area contributed by atoms with Crippen LogP contribution in [0.3, 0.4) is 0 Å². The highest BCUT2D eigenvalue weighted by Crippen LogP contribution is 2.30. The summed E-state index contributed by atoms with van der Waals surface area (Å²) in [7, 11) is 0. The highest BCUT2D eigenvalue weighted by Gasteiger charge is 2.31. The van der Waals surface area contributed by atoms with Gasteiger partial charge in [0.1, 0.15) is 0 Å². The third-order valence-corrected chi connectivity index (χ3v) is 5.89. The van der Waals surface area contributed by atoms with Crippen LogP contribution in [0.4, 0.5) is 4.79 Å². The second kappa shape index (κ2) is 9.04. The summed E-state index contributed by atoms with van der Waals surface area (Å²) < 4.78 is 0. The number of rotatable bonds is 8. The van der Waals surface area contributed by atoms with E-state index in [9.17, 15) is 9.90 Å². The van der Waals surface area contributed by atoms with E-state index in [1.807, 2.05) is 13.8 Å². The van der Waals surface area contributed by atoms with E-state index in [0.29, 0.717) is 12.5 Å². The molecular weight excluding hydrogens is 302 g/mol. The molecule has 1 saturated heterocycles. The van der Waals surface area contributed by atoms with Gasteiger partial charge in [-0.05, 0) is 63.3 Å². The zero-order chi connectivity index (χ0) is 17.6. The van der Waals surface area contributed by atoms with Crippen molar-refractivity contribution in [2.24, 2.45) is 11.3 Å². The van der Waals surface area contributed by atoms with Crippen molar-refractivity contribution in [1.82, 2.24) is 15.5 Å². The number of hydrogen-bond donors (Lipinski definition) is 3. The molecule has 0 aromatic heterocycles. The Morgan fingerprint density at radius 3 is 2.67 bits per heavy atom. The topological polar surface area (TPSA) is 64.6 Å². The van der Waals surface area contributed by atoms with Crippen LogP contribution in [0.1, 0.15) is 65.7 Å². The van der Waals surface area contributed by atoms with E-state index in [1.54, 1.807) is 0 Å². The highest BCUT2D eigenvalue weighted by atomic mass is 16.3. The van der Waals surface area contributed by atoms with Gasteiger partial charge in [-0.25, -0.2) is 4.79 Å². The molecule has 2 unspecified atom stereocenters. The van der Waals surface area contributed by atoms with Gasteiger partial charge < -0.3 is 20.6 Å². The van der Waals surface area contributed by atoms with Crippen molar-refractivity contribution in [2.75, 3.05) is 26.2 Å². The molecular formula is C19H37N3O2. The van der Waals surface area contributed by atoms with Gasteiger partial charge in [0.05, 0.1) is 0 Å². The molecule has 0 aromatic carbocycles. The SMILES string of the molecule is CC(NC(=O)NCCCC(C)(C)CO)C1CCCN(C2CCC2)C1. The molecule has 2 fully saturated rings. The van der Waals surface area contributed by atoms with Crippen molar-refractivity contribution in [2.45, 2.75) is 77.8 Å². The standard InChI is InChI=1S/C19H37N3O2/c1-15(16-7-5-12-22(13-16)17-8-4-9-17)21-18(24)20-11-6-10-19(2,3)14-23/h15-17,23H,4-14H2,1-3H3,(H2,20,21,24). The molecule has 2 rings (SSSR count). The van der Waals surface area contributed by atoms with Crippen molar-refractivity contribution in [3.63, 3.8) is 0 Å². The summed E-state index contributed by atoms with van der Waals surface area (Å²) in [6.45, 7) is 9.47. The van der Waals surface area contributed by atoms with Crippen LogP contribution < -0.4 is 10.6 Å². The number of nitrogens with one attached hydrogen (secondary N) is 2. The average Bonchev–Trinajstić information content (AvgIpc) is 2.50. The third kappa shape index (κ3) is 5.92. The summed E-state index contributed by atoms with van der Waals surface area (Å²) in [4.78, 5) is 14.7. The molecule has 140 valence electrons. The Bertz CT molecular complexity index is 396. The summed E-state index contributed by atoms with van der Waals surface area (Å²) in [6, 6.07) is 0.982. The summed E-state index contributed by atoms with van der Waals surface area (Å²) in [5.41, 5.74) is -0.0570. The van der Waals surface area contributed by atoms with E-state index in [4.69, 9.17) is 0 Å². The summed E-state index contributed by atoms with van der Waals surface area (Å²) in [6.07, 6.45) is 8.39. The van der Waals surface area contributed by atoms with Gasteiger partial charge in [0.25, 0.3) is 0 Å². The van der Waals surface area contributed by atoms with Crippen LogP contribution in [0.15, 0.2) is 0 Å². The molecule has 24 heavy (non-hydrogen) atoms. The fourth-order valence-corrected chi connectivity index (χ4v) is 3.76. The lowest BCUT2D eigenvalue weighted by molar-refractivity contribution is 0.0678. The van der Waals surface area contributed by atoms with E-state index in [-0.39, 0.29) is 24.1 Å². The van der Waals surface area contributed by atoms with Gasteiger partial charge in [-0.15, -0.1) is 0 Å². The van der Waals surface area contributed by atoms with Crippen LogP contribution in [-0.2, 0) is 0 Å². The van der Waals surface area contributed by atoms with E-state index in [0.717, 1.165) is 25.4 Å². The number of hydrogen-bond acceptors (Lipinski definition) is 3. The Balaban J connectivity index is 1.63. The number of likely N-dealkylation sites (tertiary alicyclic amines) is 1. The van der Waals surface area contributed by atoms with Crippen LogP contribution in [-0.4, -0.2) is 54.4 Å². The first-order valence-corrected chi connectivity index (χ1v) is 9.80. The van der Waals surface area contributed by atoms with E-state index in [2.05, 4.69) is 22.5 Å². The molecule has 3 N–H and O–H groups in total. The van der Waals surface area contributed by atoms with Crippen LogP contribution in [0, 0.1) is 11.3 Å². The average molecular weight is 340 g/mol. The third-order valence-electron chi connectivity index (χ3n) is 5.89. The van der Waals surface area contributed by atoms with Crippen LogP contribution in [0.25, 0.3) is 0 Å². The largest absolute Gasteiger partial charge is 0.396 e. The monoisotopic (exact) mass is 339 g/mol. The van der Waals surface area contributed by atoms with Gasteiger partial charge in [0, 0.05) is 31.8 Å². The fraction of sp³-hybridized carbons (Fsp3) is 0.947. The van der Waals surface area contributed by atoms with Gasteiger partial charge in [-0.3, -0.25) is 0 Å². The zero-order valence-electron chi connectivity index (χ0n) is 15.8. The van der Waals surface area contributed by atoms with Crippen LogP contribution in [0.5, 0.6) is 0 Å². The first-order chi connectivity index (χ1) is 11.4. The van der Waals surface area contributed by atoms with Gasteiger partial charge in [0.15, 0.2) is 0 Å². The lowest BCUT2D eigenvalue weighted by Gasteiger charge is -2.43. The molecule has 2 aliphatic rings. The molecule has 0 bridgehead atoms. The zero-order valence-corrected chi connectivity index (χ0v) is 15.8. The molecule has 0 aromatic rings. The number of carbonyl (C=O) groups excluding carboxylic acids is 1. The Morgan fingerprint density at radius 1 is 1.29 bits per heavy atom. The number of piperidine rings is 1. The number of amides is 2. The normalized spacial score (nSPS) is 24.2. The number of aliphatic hydroxyl groups is 1. The second-order valence-electron chi connectivity index (χ2n) is 8.60. The maximum absolute atomic E-state index is 12.1. The van der Waals surface area contributed by atoms with E-state index < -0.39 is 0 Å². The van der Waals surface area contributed by atoms with Gasteiger partial charge in [-0.1, -0.05) is 20.3 Å². The van der Waals surface area contributed by atoms with E-state index >= 15 is 0 Å². The highest BCUT2D eigenvalue weighted by molar-refractivity contribution is 5.74. The lowest BCUT2D eigenvalue weighted by atomic mass is 9.86. The van der Waals surface area contributed by atoms with Crippen molar-refractivity contribution >= 4 is 6.03 Å². The van der Waals surface area contributed by atoms with Crippen LogP contribution in [0.2, 0.25) is 0 Å². The predicted octanol–water partition coefficient (Wildman–Crippen LogP) is 2.74. The maximum Gasteiger partial charge on any atom is 0.315 e. The van der Waals surface area contributed by atoms with Crippen molar-refractivity contribution in [3.8, 4) is 0 Å². The Kier molecular flexibility index (Phi) is 7.35. The fourth-order valence-electron chi connectivity index (χ4n) is 3.76. The van der Waals surface area contributed by atoms with Gasteiger partial charge >= 0.3 is 6.03 Å². The molecule has 0 radical (unpaired) electrons. The lowest BCUT2D eigenvalue weighted by Crippen LogP contribution is -2.52. The molecule has 2 atom stereocenters. The maximum atomic E-state index is 12.1. The number of urea groups is 1. The Hall–Kier alpha value is -0.810. The molecule has 1 heterocycles. The van der Waals surface area contributed by atoms with Gasteiger partial charge in [0.2, 0.25) is 0 Å². The van der Waals surface area contributed by atoms with Crippen LogP contribution >= 0.6 is 0 Å². The quantitative estimate of drug-likeness (QED) is 0.596. The molecule has 1 saturated carbocycles.